The van der Waals surface area contributed by atoms with E-state index in [0.29, 0.717) is 6.04 Å². The molecule has 2 aromatic carbocycles. The van der Waals surface area contributed by atoms with Gasteiger partial charge in [-0.25, -0.2) is 0 Å². The Bertz CT molecular complexity index is 721. The summed E-state index contributed by atoms with van der Waals surface area (Å²) in [6.45, 7) is 12.7. The third-order valence-electron chi connectivity index (χ3n) is 6.88. The zero-order valence-corrected chi connectivity index (χ0v) is 20.1. The zero-order valence-electron chi connectivity index (χ0n) is 20.1. The molecule has 1 atom stereocenters. The number of nitrogens with zero attached hydrogens (tertiary/aromatic N) is 1. The lowest BCUT2D eigenvalue weighted by molar-refractivity contribution is 0.00578. The summed E-state index contributed by atoms with van der Waals surface area (Å²) in [5.41, 5.74) is 2.14. The predicted molar refractivity (Wildman–Crippen MR) is 131 cm³/mol. The van der Waals surface area contributed by atoms with Crippen LogP contribution < -0.4 is 0 Å². The Labute approximate surface area is 190 Å². The first kappa shape index (κ1) is 24.0. The van der Waals surface area contributed by atoms with Crippen molar-refractivity contribution in [2.24, 2.45) is 0 Å². The minimum absolute atomic E-state index is 0.161. The molecule has 3 nitrogen and oxygen atoms in total. The van der Waals surface area contributed by atoms with E-state index in [1.165, 1.54) is 30.4 Å². The minimum Gasteiger partial charge on any atom is -0.403 e. The lowest BCUT2D eigenvalue weighted by atomic mass is 9.78. The van der Waals surface area contributed by atoms with Crippen molar-refractivity contribution in [3.8, 4) is 0 Å². The second-order valence-corrected chi connectivity index (χ2v) is 9.95. The van der Waals surface area contributed by atoms with E-state index in [0.717, 1.165) is 25.8 Å². The van der Waals surface area contributed by atoms with Gasteiger partial charge in [-0.3, -0.25) is 4.90 Å². The van der Waals surface area contributed by atoms with Gasteiger partial charge >= 0.3 is 7.12 Å². The first-order chi connectivity index (χ1) is 14.8. The van der Waals surface area contributed by atoms with Crippen LogP contribution in [-0.2, 0) is 22.4 Å². The van der Waals surface area contributed by atoms with Crippen molar-refractivity contribution in [2.75, 3.05) is 0 Å². The van der Waals surface area contributed by atoms with Crippen molar-refractivity contribution in [2.45, 2.75) is 97.0 Å². The smallest absolute Gasteiger partial charge is 0.403 e. The minimum atomic E-state index is -0.282. The molecule has 3 rings (SSSR count). The quantitative estimate of drug-likeness (QED) is 0.297. The fourth-order valence-electron chi connectivity index (χ4n) is 4.31. The maximum Gasteiger partial charge on any atom is 0.459 e. The fourth-order valence-corrected chi connectivity index (χ4v) is 4.31. The Morgan fingerprint density at radius 1 is 0.774 bits per heavy atom. The molecule has 168 valence electrons. The molecule has 4 heteroatoms. The second-order valence-electron chi connectivity index (χ2n) is 9.95. The SMILES string of the molecule is CCCCCC(CB1OC(C)(C)C(C)(C)O1)N(Cc1ccccc1)Cc1ccccc1. The van der Waals surface area contributed by atoms with Crippen molar-refractivity contribution in [1.82, 2.24) is 4.90 Å². The summed E-state index contributed by atoms with van der Waals surface area (Å²) in [5.74, 6) is 0. The molecule has 0 bridgehead atoms. The molecule has 1 unspecified atom stereocenters. The van der Waals surface area contributed by atoms with Crippen LogP contribution in [0.1, 0.15) is 71.4 Å². The van der Waals surface area contributed by atoms with E-state index >= 15 is 0 Å². The van der Waals surface area contributed by atoms with Crippen LogP contribution in [0.4, 0.5) is 0 Å². The van der Waals surface area contributed by atoms with Crippen LogP contribution in [0.5, 0.6) is 0 Å². The van der Waals surface area contributed by atoms with E-state index in [-0.39, 0.29) is 18.3 Å². The Kier molecular flexibility index (Phi) is 8.38. The summed E-state index contributed by atoms with van der Waals surface area (Å²) in [6.07, 6.45) is 5.81. The lowest BCUT2D eigenvalue weighted by Gasteiger charge is -2.33. The molecule has 0 saturated carbocycles. The van der Waals surface area contributed by atoms with Gasteiger partial charge in [-0.15, -0.1) is 0 Å². The van der Waals surface area contributed by atoms with Crippen molar-refractivity contribution in [1.29, 1.82) is 0 Å². The van der Waals surface area contributed by atoms with E-state index in [1.54, 1.807) is 0 Å². The number of unbranched alkanes of at least 4 members (excludes halogenated alkanes) is 2. The highest BCUT2D eigenvalue weighted by Gasteiger charge is 2.51. The fraction of sp³-hybridized carbons (Fsp3) is 0.556. The number of rotatable bonds is 11. The van der Waals surface area contributed by atoms with E-state index in [4.69, 9.17) is 9.31 Å². The molecule has 0 N–H and O–H groups in total. The van der Waals surface area contributed by atoms with Gasteiger partial charge in [-0.2, -0.15) is 0 Å². The zero-order chi connectivity index (χ0) is 22.3. The molecule has 1 aliphatic rings. The first-order valence-corrected chi connectivity index (χ1v) is 12.0. The van der Waals surface area contributed by atoms with E-state index in [2.05, 4.69) is 100 Å². The van der Waals surface area contributed by atoms with Crippen LogP contribution in [0.3, 0.4) is 0 Å². The van der Waals surface area contributed by atoms with Crippen molar-refractivity contribution >= 4 is 7.12 Å². The summed E-state index contributed by atoms with van der Waals surface area (Å²) >= 11 is 0. The third kappa shape index (κ3) is 6.68. The Morgan fingerprint density at radius 3 is 1.71 bits per heavy atom. The van der Waals surface area contributed by atoms with Gasteiger partial charge in [0.1, 0.15) is 0 Å². The highest BCUT2D eigenvalue weighted by molar-refractivity contribution is 6.45. The van der Waals surface area contributed by atoms with Gasteiger partial charge in [0.15, 0.2) is 0 Å². The average molecular weight is 421 g/mol. The Balaban J connectivity index is 1.81. The van der Waals surface area contributed by atoms with E-state index < -0.39 is 0 Å². The molecule has 1 heterocycles. The molecule has 31 heavy (non-hydrogen) atoms. The van der Waals surface area contributed by atoms with Crippen molar-refractivity contribution < 1.29 is 9.31 Å². The summed E-state index contributed by atoms with van der Waals surface area (Å²) in [7, 11) is -0.161. The molecule has 0 radical (unpaired) electrons. The molecule has 1 aliphatic heterocycles. The molecule has 0 amide bonds. The molecular formula is C27H40BNO2. The van der Waals surface area contributed by atoms with Crippen LogP contribution in [0.2, 0.25) is 6.32 Å². The largest absolute Gasteiger partial charge is 0.459 e. The number of benzene rings is 2. The molecule has 1 fully saturated rings. The second kappa shape index (κ2) is 10.8. The first-order valence-electron chi connectivity index (χ1n) is 12.0. The summed E-state index contributed by atoms with van der Waals surface area (Å²) in [6, 6.07) is 22.1. The van der Waals surface area contributed by atoms with Crippen LogP contribution in [0, 0.1) is 0 Å². The molecule has 0 aliphatic carbocycles. The van der Waals surface area contributed by atoms with Gasteiger partial charge in [0.05, 0.1) is 11.2 Å². The Hall–Kier alpha value is -1.62. The molecular weight excluding hydrogens is 381 g/mol. The standard InChI is InChI=1S/C27H40BNO2/c1-6-7-10-19-25(20-28-30-26(2,3)27(4,5)31-28)29(21-23-15-11-8-12-16-23)22-24-17-13-9-14-18-24/h8-9,11-18,25H,6-7,10,19-22H2,1-5H3. The highest BCUT2D eigenvalue weighted by atomic mass is 16.7. The maximum absolute atomic E-state index is 6.40. The van der Waals surface area contributed by atoms with Crippen LogP contribution in [0.15, 0.2) is 60.7 Å². The van der Waals surface area contributed by atoms with Crippen molar-refractivity contribution in [3.63, 3.8) is 0 Å². The molecule has 2 aromatic rings. The van der Waals surface area contributed by atoms with Gasteiger partial charge in [0.25, 0.3) is 0 Å². The van der Waals surface area contributed by atoms with E-state index in [9.17, 15) is 0 Å². The van der Waals surface area contributed by atoms with Gasteiger partial charge < -0.3 is 9.31 Å². The van der Waals surface area contributed by atoms with Crippen LogP contribution >= 0.6 is 0 Å². The Morgan fingerprint density at radius 2 is 1.26 bits per heavy atom. The van der Waals surface area contributed by atoms with Gasteiger partial charge in [0.2, 0.25) is 0 Å². The van der Waals surface area contributed by atoms with Gasteiger partial charge in [0, 0.05) is 19.1 Å². The monoisotopic (exact) mass is 421 g/mol. The number of hydrogen-bond donors (Lipinski definition) is 0. The summed E-state index contributed by atoms with van der Waals surface area (Å²) in [4.78, 5) is 2.63. The average Bonchev–Trinajstić information content (AvgIpc) is 2.94. The normalized spacial score (nSPS) is 18.5. The number of hydrogen-bond acceptors (Lipinski definition) is 3. The predicted octanol–water partition coefficient (Wildman–Crippen LogP) is 6.73. The molecule has 0 aromatic heterocycles. The highest BCUT2D eigenvalue weighted by Crippen LogP contribution is 2.39. The van der Waals surface area contributed by atoms with Gasteiger partial charge in [-0.1, -0.05) is 86.8 Å². The summed E-state index contributed by atoms with van der Waals surface area (Å²) < 4.78 is 12.8. The van der Waals surface area contributed by atoms with Crippen molar-refractivity contribution in [3.05, 3.63) is 71.8 Å². The van der Waals surface area contributed by atoms with Crippen LogP contribution in [-0.4, -0.2) is 29.3 Å². The van der Waals surface area contributed by atoms with E-state index in [1.807, 2.05) is 0 Å². The van der Waals surface area contributed by atoms with Gasteiger partial charge in [-0.05, 0) is 51.6 Å². The lowest BCUT2D eigenvalue weighted by Crippen LogP contribution is -2.41. The topological polar surface area (TPSA) is 21.7 Å². The maximum atomic E-state index is 6.40. The van der Waals surface area contributed by atoms with Crippen LogP contribution in [0.25, 0.3) is 0 Å². The third-order valence-corrected chi connectivity index (χ3v) is 6.88. The summed E-state index contributed by atoms with van der Waals surface area (Å²) in [5, 5.41) is 0. The molecule has 1 saturated heterocycles. The molecule has 0 spiro atoms.